The number of hydrogen-bond donors (Lipinski definition) is 0. The van der Waals surface area contributed by atoms with Crippen molar-refractivity contribution < 1.29 is 4.43 Å². The van der Waals surface area contributed by atoms with Gasteiger partial charge in [-0.05, 0) is 46.5 Å². The van der Waals surface area contributed by atoms with E-state index in [1.54, 1.807) is 5.20 Å². The third kappa shape index (κ3) is 4.07. The fourth-order valence-corrected chi connectivity index (χ4v) is 2.68. The van der Waals surface area contributed by atoms with Crippen LogP contribution in [0.5, 0.6) is 0 Å². The van der Waals surface area contributed by atoms with Gasteiger partial charge in [0.1, 0.15) is 0 Å². The Kier molecular flexibility index (Phi) is 3.53. The van der Waals surface area contributed by atoms with Gasteiger partial charge in [0.2, 0.25) is 0 Å². The van der Waals surface area contributed by atoms with Crippen molar-refractivity contribution in [2.75, 3.05) is 0 Å². The van der Waals surface area contributed by atoms with Gasteiger partial charge < -0.3 is 4.43 Å². The highest BCUT2D eigenvalue weighted by molar-refractivity contribution is 6.38. The molecular formula is C10H20OSi. The fraction of sp³-hybridized carbons (Fsp3) is 0.800. The zero-order valence-electron chi connectivity index (χ0n) is 8.52. The lowest BCUT2D eigenvalue weighted by molar-refractivity contribution is 0.140. The van der Waals surface area contributed by atoms with Crippen molar-refractivity contribution in [1.82, 2.24) is 0 Å². The first-order valence-corrected chi connectivity index (χ1v) is 6.18. The summed E-state index contributed by atoms with van der Waals surface area (Å²) in [5.41, 5.74) is 0.0739. The van der Waals surface area contributed by atoms with Gasteiger partial charge in [-0.3, -0.25) is 0 Å². The molecule has 0 aromatic carbocycles. The van der Waals surface area contributed by atoms with E-state index in [4.69, 9.17) is 4.43 Å². The summed E-state index contributed by atoms with van der Waals surface area (Å²) in [5.74, 6) is 0. The van der Waals surface area contributed by atoms with Crippen molar-refractivity contribution >= 4 is 9.76 Å². The van der Waals surface area contributed by atoms with Gasteiger partial charge in [0, 0.05) is 5.60 Å². The fourth-order valence-electron chi connectivity index (χ4n) is 1.34. The summed E-state index contributed by atoms with van der Waals surface area (Å²) in [4.78, 5) is 0. The Bertz CT molecular complexity index is 167. The second-order valence-corrected chi connectivity index (χ2v) is 5.99. The number of hydrogen-bond acceptors (Lipinski definition) is 1. The smallest absolute Gasteiger partial charge is 0.188 e. The van der Waals surface area contributed by atoms with Crippen LogP contribution >= 0.6 is 0 Å². The first kappa shape index (κ1) is 10.0. The molecule has 1 nitrogen and oxygen atoms in total. The zero-order valence-corrected chi connectivity index (χ0v) is 9.94. The van der Waals surface area contributed by atoms with Crippen LogP contribution in [0.3, 0.4) is 0 Å². The summed E-state index contributed by atoms with van der Waals surface area (Å²) in [6.45, 7) is 6.43. The molecule has 2 heteroatoms. The van der Waals surface area contributed by atoms with E-state index in [2.05, 4.69) is 26.8 Å². The Balaban J connectivity index is 2.26. The maximum atomic E-state index is 5.84. The van der Waals surface area contributed by atoms with Gasteiger partial charge in [-0.25, -0.2) is 0 Å². The molecule has 0 aromatic rings. The van der Waals surface area contributed by atoms with Gasteiger partial charge in [-0.1, -0.05) is 11.3 Å². The summed E-state index contributed by atoms with van der Waals surface area (Å²) in [6, 6.07) is 0. The van der Waals surface area contributed by atoms with Crippen molar-refractivity contribution in [2.24, 2.45) is 0 Å². The molecule has 0 heterocycles. The Labute approximate surface area is 78.1 Å². The monoisotopic (exact) mass is 184 g/mol. The maximum absolute atomic E-state index is 5.84. The Morgan fingerprint density at radius 2 is 2.08 bits per heavy atom. The average molecular weight is 184 g/mol. The topological polar surface area (TPSA) is 9.23 Å². The molecule has 12 heavy (non-hydrogen) atoms. The largest absolute Gasteiger partial charge is 0.414 e. The number of rotatable bonds is 2. The van der Waals surface area contributed by atoms with Crippen molar-refractivity contribution in [3.05, 3.63) is 11.3 Å². The molecule has 0 bridgehead atoms. The van der Waals surface area contributed by atoms with Crippen LogP contribution in [0.2, 0.25) is 0 Å². The van der Waals surface area contributed by atoms with E-state index in [-0.39, 0.29) is 15.4 Å². The normalized spacial score (nSPS) is 20.1. The Morgan fingerprint density at radius 1 is 1.33 bits per heavy atom. The molecule has 0 atom stereocenters. The molecule has 0 radical (unpaired) electrons. The van der Waals surface area contributed by atoms with Crippen LogP contribution in [0.15, 0.2) is 11.3 Å². The molecule has 0 aromatic heterocycles. The van der Waals surface area contributed by atoms with Crippen molar-refractivity contribution in [1.29, 1.82) is 0 Å². The first-order chi connectivity index (χ1) is 5.58. The van der Waals surface area contributed by atoms with Crippen molar-refractivity contribution in [3.63, 3.8) is 0 Å². The lowest BCUT2D eigenvalue weighted by Crippen LogP contribution is -2.23. The van der Waals surface area contributed by atoms with Crippen molar-refractivity contribution in [3.8, 4) is 0 Å². The van der Waals surface area contributed by atoms with Crippen molar-refractivity contribution in [2.45, 2.75) is 52.1 Å². The Hall–Kier alpha value is -0.0831. The summed E-state index contributed by atoms with van der Waals surface area (Å²) in [5, 5.41) is 1.64. The summed E-state index contributed by atoms with van der Waals surface area (Å²) >= 11 is 0. The van der Waals surface area contributed by atoms with Crippen LogP contribution in [0.1, 0.15) is 46.5 Å². The molecule has 0 fully saturated rings. The van der Waals surface area contributed by atoms with Crippen LogP contribution in [0, 0.1) is 0 Å². The van der Waals surface area contributed by atoms with Crippen LogP contribution in [0.25, 0.3) is 0 Å². The first-order valence-electron chi connectivity index (χ1n) is 4.90. The lowest BCUT2D eigenvalue weighted by Gasteiger charge is -2.22. The molecule has 1 rings (SSSR count). The Morgan fingerprint density at radius 3 is 2.58 bits per heavy atom. The van der Waals surface area contributed by atoms with Gasteiger partial charge in [0.25, 0.3) is 0 Å². The van der Waals surface area contributed by atoms with Gasteiger partial charge >= 0.3 is 0 Å². The highest BCUT2D eigenvalue weighted by atomic mass is 28.2. The highest BCUT2D eigenvalue weighted by Gasteiger charge is 2.12. The van der Waals surface area contributed by atoms with E-state index in [1.165, 1.54) is 25.7 Å². The molecule has 0 saturated heterocycles. The molecule has 70 valence electrons. The van der Waals surface area contributed by atoms with Crippen LogP contribution in [-0.4, -0.2) is 15.4 Å². The quantitative estimate of drug-likeness (QED) is 0.599. The molecule has 0 spiro atoms. The minimum atomic E-state index is -0.378. The predicted molar refractivity (Wildman–Crippen MR) is 55.9 cm³/mol. The summed E-state index contributed by atoms with van der Waals surface area (Å²) in [7, 11) is -0.378. The summed E-state index contributed by atoms with van der Waals surface area (Å²) < 4.78 is 5.84. The zero-order chi connectivity index (χ0) is 9.03. The van der Waals surface area contributed by atoms with Gasteiger partial charge in [-0.2, -0.15) is 0 Å². The lowest BCUT2D eigenvalue weighted by atomic mass is 10.1. The molecule has 0 aliphatic heterocycles. The average Bonchev–Trinajstić information content (AvgIpc) is 2.02. The molecule has 1 aliphatic carbocycles. The second kappa shape index (κ2) is 4.24. The van der Waals surface area contributed by atoms with Crippen LogP contribution in [-0.2, 0) is 4.43 Å². The molecule has 0 unspecified atom stereocenters. The molecular weight excluding hydrogens is 164 g/mol. The highest BCUT2D eigenvalue weighted by Crippen LogP contribution is 2.18. The van der Waals surface area contributed by atoms with E-state index in [0.29, 0.717) is 0 Å². The standard InChI is InChI=1S/C10H20OSi/c1-10(2,3)11-12-9-7-5-4-6-8-9/h7H,4-6,8,12H2,1-3H3. The van der Waals surface area contributed by atoms with Crippen LogP contribution in [0.4, 0.5) is 0 Å². The van der Waals surface area contributed by atoms with Gasteiger partial charge in [0.15, 0.2) is 9.76 Å². The van der Waals surface area contributed by atoms with Gasteiger partial charge in [0.05, 0.1) is 0 Å². The molecule has 1 aliphatic rings. The minimum absolute atomic E-state index is 0.0739. The predicted octanol–water partition coefficient (Wildman–Crippen LogP) is 2.34. The molecule has 0 N–H and O–H groups in total. The van der Waals surface area contributed by atoms with E-state index >= 15 is 0 Å². The number of allylic oxidation sites excluding steroid dienone is 2. The third-order valence-corrected chi connectivity index (χ3v) is 4.10. The maximum Gasteiger partial charge on any atom is 0.188 e. The molecule has 0 saturated carbocycles. The second-order valence-electron chi connectivity index (χ2n) is 4.51. The molecule has 0 amide bonds. The minimum Gasteiger partial charge on any atom is -0.414 e. The SMILES string of the molecule is CC(C)(C)O[SiH2]C1=CCCCC1. The van der Waals surface area contributed by atoms with E-state index < -0.39 is 0 Å². The van der Waals surface area contributed by atoms with E-state index in [9.17, 15) is 0 Å². The van der Waals surface area contributed by atoms with Gasteiger partial charge in [-0.15, -0.1) is 0 Å². The van der Waals surface area contributed by atoms with E-state index in [0.717, 1.165) is 0 Å². The third-order valence-electron chi connectivity index (χ3n) is 2.08. The summed E-state index contributed by atoms with van der Waals surface area (Å²) in [6.07, 6.45) is 7.76. The van der Waals surface area contributed by atoms with Crippen LogP contribution < -0.4 is 0 Å². The van der Waals surface area contributed by atoms with E-state index in [1.807, 2.05) is 0 Å².